The van der Waals surface area contributed by atoms with Gasteiger partial charge in [-0.15, -0.1) is 0 Å². The molecule has 3 nitrogen and oxygen atoms in total. The van der Waals surface area contributed by atoms with Gasteiger partial charge >= 0.3 is 0 Å². The summed E-state index contributed by atoms with van der Waals surface area (Å²) in [5.41, 5.74) is 1.21. The molecule has 4 fully saturated rings. The van der Waals surface area contributed by atoms with Crippen molar-refractivity contribution in [3.63, 3.8) is 0 Å². The highest BCUT2D eigenvalue weighted by Gasteiger charge is 2.69. The summed E-state index contributed by atoms with van der Waals surface area (Å²) in [7, 11) is 0. The third-order valence-electron chi connectivity index (χ3n) is 7.60. The van der Waals surface area contributed by atoms with E-state index in [4.69, 9.17) is 9.47 Å². The Morgan fingerprint density at radius 3 is 2.31 bits per heavy atom. The van der Waals surface area contributed by atoms with Gasteiger partial charge in [-0.2, -0.15) is 0 Å². The highest BCUT2D eigenvalue weighted by Crippen LogP contribution is 2.70. The van der Waals surface area contributed by atoms with E-state index >= 15 is 0 Å². The maximum atomic E-state index is 11.1. The minimum Gasteiger partial charge on any atom is -0.387 e. The molecule has 0 spiro atoms. The molecule has 3 aliphatic carbocycles. The first-order valence-electron chi connectivity index (χ1n) is 9.80. The maximum Gasteiger partial charge on any atom is 0.163 e. The Hall–Kier alpha value is -0.170. The number of ether oxygens (including phenoxy) is 2. The van der Waals surface area contributed by atoms with Crippen LogP contribution in [0.5, 0.6) is 0 Å². The first-order chi connectivity index (χ1) is 12.1. The van der Waals surface area contributed by atoms with E-state index < -0.39 is 11.9 Å². The van der Waals surface area contributed by atoms with E-state index in [-0.39, 0.29) is 21.5 Å². The molecule has 4 heteroatoms. The van der Waals surface area contributed by atoms with Crippen LogP contribution >= 0.6 is 22.6 Å². The first-order valence-corrected chi connectivity index (χ1v) is 11.0. The lowest BCUT2D eigenvalue weighted by Gasteiger charge is -2.71. The van der Waals surface area contributed by atoms with E-state index in [1.165, 1.54) is 6.42 Å². The van der Waals surface area contributed by atoms with Gasteiger partial charge in [0.05, 0.1) is 22.2 Å². The number of aliphatic hydroxyl groups excluding tert-OH is 1. The summed E-state index contributed by atoms with van der Waals surface area (Å²) in [5, 5.41) is 11.1. The standard InChI is InChI=1S/C22H31IO3/c1-20(2)14-11-15(20)22(5)16(12-14)25-21(3,4)26-19(22)17(23)18(24)13-9-7-6-8-10-13/h6-10,14-19,24H,11-12H2,1-5H3/t14-,15-,16+,17-,18-,19+,22-/m0/s1. The van der Waals surface area contributed by atoms with Gasteiger partial charge in [-0.3, -0.25) is 0 Å². The van der Waals surface area contributed by atoms with Gasteiger partial charge in [-0.1, -0.05) is 73.7 Å². The number of alkyl halides is 1. The van der Waals surface area contributed by atoms with Crippen molar-refractivity contribution in [3.05, 3.63) is 35.9 Å². The molecule has 0 unspecified atom stereocenters. The Kier molecular flexibility index (Phi) is 4.54. The van der Waals surface area contributed by atoms with Crippen LogP contribution in [0.2, 0.25) is 0 Å². The number of halogens is 1. The minimum atomic E-state index is -0.609. The van der Waals surface area contributed by atoms with Gasteiger partial charge in [0.25, 0.3) is 0 Å². The molecule has 5 rings (SSSR count). The summed E-state index contributed by atoms with van der Waals surface area (Å²) in [6.07, 6.45) is 1.97. The Bertz CT molecular complexity index is 673. The average Bonchev–Trinajstić information content (AvgIpc) is 2.59. The fourth-order valence-corrected chi connectivity index (χ4v) is 7.31. The average molecular weight is 470 g/mol. The fourth-order valence-electron chi connectivity index (χ4n) is 5.98. The molecule has 7 atom stereocenters. The molecule has 4 aliphatic rings. The van der Waals surface area contributed by atoms with Gasteiger partial charge in [0.2, 0.25) is 0 Å². The Morgan fingerprint density at radius 1 is 1.04 bits per heavy atom. The molecular weight excluding hydrogens is 439 g/mol. The predicted molar refractivity (Wildman–Crippen MR) is 111 cm³/mol. The van der Waals surface area contributed by atoms with Crippen molar-refractivity contribution >= 4 is 22.6 Å². The summed E-state index contributed by atoms with van der Waals surface area (Å²) in [4.78, 5) is 0. The van der Waals surface area contributed by atoms with E-state index in [0.717, 1.165) is 17.9 Å². The molecule has 26 heavy (non-hydrogen) atoms. The molecule has 1 aliphatic heterocycles. The zero-order chi connectivity index (χ0) is 18.9. The van der Waals surface area contributed by atoms with Crippen LogP contribution in [0.25, 0.3) is 0 Å². The van der Waals surface area contributed by atoms with Crippen molar-refractivity contribution in [2.24, 2.45) is 22.7 Å². The van der Waals surface area contributed by atoms with Gasteiger partial charge in [0.15, 0.2) is 5.79 Å². The van der Waals surface area contributed by atoms with E-state index in [1.807, 2.05) is 44.2 Å². The SMILES string of the molecule is CC1(C)O[C@H]([C@@H](I)[C@@H](O)c2ccccc2)[C@]2(C)[C@@H](C[C@@H]3C[C@H]2C3(C)C)O1. The Labute approximate surface area is 171 Å². The smallest absolute Gasteiger partial charge is 0.163 e. The normalized spacial score (nSPS) is 42.3. The van der Waals surface area contributed by atoms with E-state index in [2.05, 4.69) is 43.4 Å². The molecule has 2 bridgehead atoms. The highest BCUT2D eigenvalue weighted by molar-refractivity contribution is 14.1. The summed E-state index contributed by atoms with van der Waals surface area (Å²) in [5.74, 6) is 0.703. The molecule has 144 valence electrons. The monoisotopic (exact) mass is 470 g/mol. The molecule has 0 radical (unpaired) electrons. The van der Waals surface area contributed by atoms with Crippen molar-refractivity contribution < 1.29 is 14.6 Å². The van der Waals surface area contributed by atoms with Crippen LogP contribution in [0.4, 0.5) is 0 Å². The fraction of sp³-hybridized carbons (Fsp3) is 0.727. The van der Waals surface area contributed by atoms with Crippen molar-refractivity contribution in [1.82, 2.24) is 0 Å². The lowest BCUT2D eigenvalue weighted by atomic mass is 9.39. The predicted octanol–water partition coefficient (Wildman–Crippen LogP) is 5.12. The van der Waals surface area contributed by atoms with Gasteiger partial charge in [0, 0.05) is 5.41 Å². The van der Waals surface area contributed by atoms with Crippen LogP contribution < -0.4 is 0 Å². The summed E-state index contributed by atoms with van der Waals surface area (Å²) < 4.78 is 13.0. The maximum absolute atomic E-state index is 11.1. The zero-order valence-corrected chi connectivity index (χ0v) is 18.6. The molecule has 1 heterocycles. The van der Waals surface area contributed by atoms with Crippen molar-refractivity contribution in [2.45, 2.75) is 75.5 Å². The Morgan fingerprint density at radius 2 is 1.69 bits per heavy atom. The minimum absolute atomic E-state index is 0.0291. The van der Waals surface area contributed by atoms with Crippen molar-refractivity contribution in [3.8, 4) is 0 Å². The van der Waals surface area contributed by atoms with Crippen LogP contribution in [0.3, 0.4) is 0 Å². The van der Waals surface area contributed by atoms with Crippen LogP contribution in [-0.2, 0) is 9.47 Å². The number of hydrogen-bond donors (Lipinski definition) is 1. The molecule has 1 saturated heterocycles. The van der Waals surface area contributed by atoms with E-state index in [1.54, 1.807) is 0 Å². The van der Waals surface area contributed by atoms with Crippen LogP contribution in [-0.4, -0.2) is 27.0 Å². The highest BCUT2D eigenvalue weighted by atomic mass is 127. The molecule has 0 aromatic heterocycles. The molecule has 0 amide bonds. The second kappa shape index (κ2) is 6.16. The Balaban J connectivity index is 1.70. The topological polar surface area (TPSA) is 38.7 Å². The second-order valence-electron chi connectivity index (χ2n) is 9.75. The van der Waals surface area contributed by atoms with Gasteiger partial charge < -0.3 is 14.6 Å². The molecule has 1 aromatic rings. The van der Waals surface area contributed by atoms with Crippen LogP contribution in [0, 0.1) is 22.7 Å². The third-order valence-corrected chi connectivity index (χ3v) is 8.93. The van der Waals surface area contributed by atoms with Crippen molar-refractivity contribution in [2.75, 3.05) is 0 Å². The van der Waals surface area contributed by atoms with E-state index in [0.29, 0.717) is 11.3 Å². The van der Waals surface area contributed by atoms with Gasteiger partial charge in [0.1, 0.15) is 0 Å². The largest absolute Gasteiger partial charge is 0.387 e. The number of hydrogen-bond acceptors (Lipinski definition) is 3. The summed E-state index contributed by atoms with van der Waals surface area (Å²) in [6, 6.07) is 9.97. The lowest BCUT2D eigenvalue weighted by Crippen LogP contribution is -2.72. The number of rotatable bonds is 3. The lowest BCUT2D eigenvalue weighted by molar-refractivity contribution is -0.393. The quantitative estimate of drug-likeness (QED) is 0.493. The number of aliphatic hydroxyl groups is 1. The molecule has 1 aromatic carbocycles. The van der Waals surface area contributed by atoms with E-state index in [9.17, 15) is 5.11 Å². The summed E-state index contributed by atoms with van der Waals surface area (Å²) >= 11 is 2.41. The van der Waals surface area contributed by atoms with Gasteiger partial charge in [-0.05, 0) is 49.5 Å². The number of benzene rings is 1. The van der Waals surface area contributed by atoms with Crippen molar-refractivity contribution in [1.29, 1.82) is 0 Å². The molecule has 3 saturated carbocycles. The molecule has 1 N–H and O–H groups in total. The van der Waals surface area contributed by atoms with Crippen LogP contribution in [0.15, 0.2) is 30.3 Å². The second-order valence-corrected chi connectivity index (χ2v) is 11.2. The first kappa shape index (κ1) is 19.2. The summed E-state index contributed by atoms with van der Waals surface area (Å²) in [6.45, 7) is 11.2. The third kappa shape index (κ3) is 2.70. The van der Waals surface area contributed by atoms with Gasteiger partial charge in [-0.25, -0.2) is 0 Å². The van der Waals surface area contributed by atoms with Crippen LogP contribution in [0.1, 0.15) is 59.1 Å². The molecular formula is C22H31IO3. The zero-order valence-electron chi connectivity index (χ0n) is 16.4.